The smallest absolute Gasteiger partial charge is 0.225 e. The lowest BCUT2D eigenvalue weighted by Crippen LogP contribution is -2.35. The average Bonchev–Trinajstić information content (AvgIpc) is 2.90. The van der Waals surface area contributed by atoms with E-state index in [1.807, 2.05) is 67.6 Å². The first-order valence-corrected chi connectivity index (χ1v) is 12.0. The topological polar surface area (TPSA) is 112 Å². The van der Waals surface area contributed by atoms with Gasteiger partial charge in [0.15, 0.2) is 5.82 Å². The number of carbonyl (C=O) groups excluding carboxylic acids is 1. The molecular formula is C26H26N6O2S. The maximum Gasteiger partial charge on any atom is 0.225 e. The monoisotopic (exact) mass is 486 g/mol. The van der Waals surface area contributed by atoms with Crippen molar-refractivity contribution in [2.24, 2.45) is 4.99 Å². The number of fused-ring (bicyclic) bond motifs is 1. The highest BCUT2D eigenvalue weighted by atomic mass is 32.2. The number of amidine groups is 1. The van der Waals surface area contributed by atoms with Gasteiger partial charge in [-0.3, -0.25) is 15.6 Å². The van der Waals surface area contributed by atoms with E-state index in [2.05, 4.69) is 43.3 Å². The number of benzene rings is 3. The first-order chi connectivity index (χ1) is 17.2. The zero-order chi connectivity index (χ0) is 24.5. The Balaban J connectivity index is 1.61. The average molecular weight is 487 g/mol. The highest BCUT2D eigenvalue weighted by Gasteiger charge is 2.11. The van der Waals surface area contributed by atoms with Crippen LogP contribution in [0, 0.1) is 0 Å². The number of aliphatic hydroxyl groups is 1. The van der Waals surface area contributed by atoms with Crippen LogP contribution in [0.4, 0.5) is 11.8 Å². The van der Waals surface area contributed by atoms with E-state index in [4.69, 9.17) is 0 Å². The molecule has 0 fully saturated rings. The number of rotatable bonds is 10. The molecule has 35 heavy (non-hydrogen) atoms. The lowest BCUT2D eigenvalue weighted by atomic mass is 10.2. The first kappa shape index (κ1) is 24.2. The molecule has 1 heterocycles. The lowest BCUT2D eigenvalue weighted by molar-refractivity contribution is -0.110. The van der Waals surface area contributed by atoms with Crippen molar-refractivity contribution in [1.29, 1.82) is 0 Å². The van der Waals surface area contributed by atoms with Gasteiger partial charge in [0, 0.05) is 28.1 Å². The van der Waals surface area contributed by atoms with Gasteiger partial charge in [-0.15, -0.1) is 0 Å². The van der Waals surface area contributed by atoms with E-state index in [1.165, 1.54) is 0 Å². The molecule has 3 aromatic carbocycles. The fourth-order valence-corrected chi connectivity index (χ4v) is 4.50. The first-order valence-electron chi connectivity index (χ1n) is 11.2. The standard InChI is InChI=1S/C26H26N6O2S/c1-2-24(32-28-17-34)30-25-20-11-5-6-12-21(20)29-26(31-25)27-15-18-9-3-7-13-22(18)35-23-14-8-4-10-19(23)16-33/h3-14,17,33H,2,15-16H2,1H3,(H,28,34)(H2,27,29,30,31,32). The van der Waals surface area contributed by atoms with Gasteiger partial charge in [-0.1, -0.05) is 67.2 Å². The summed E-state index contributed by atoms with van der Waals surface area (Å²) in [6.07, 6.45) is 1.15. The van der Waals surface area contributed by atoms with Gasteiger partial charge < -0.3 is 10.4 Å². The summed E-state index contributed by atoms with van der Waals surface area (Å²) in [4.78, 5) is 26.7. The largest absolute Gasteiger partial charge is 0.392 e. The second kappa shape index (κ2) is 12.0. The number of hydrogen-bond donors (Lipinski definition) is 4. The van der Waals surface area contributed by atoms with E-state index >= 15 is 0 Å². The molecule has 0 atom stereocenters. The van der Waals surface area contributed by atoms with Gasteiger partial charge in [0.25, 0.3) is 0 Å². The van der Waals surface area contributed by atoms with Crippen molar-refractivity contribution in [3.63, 3.8) is 0 Å². The summed E-state index contributed by atoms with van der Waals surface area (Å²) in [6, 6.07) is 23.6. The van der Waals surface area contributed by atoms with Gasteiger partial charge in [0.2, 0.25) is 12.4 Å². The number of para-hydroxylation sites is 1. The number of aromatic nitrogens is 2. The van der Waals surface area contributed by atoms with Gasteiger partial charge in [-0.05, 0) is 35.4 Å². The van der Waals surface area contributed by atoms with Crippen LogP contribution in [0.5, 0.6) is 0 Å². The van der Waals surface area contributed by atoms with Gasteiger partial charge in [-0.2, -0.15) is 4.98 Å². The Morgan fingerprint density at radius 1 is 0.971 bits per heavy atom. The number of aliphatic hydroxyl groups excluding tert-OH is 1. The molecule has 0 aliphatic rings. The Kier molecular flexibility index (Phi) is 8.26. The van der Waals surface area contributed by atoms with Crippen LogP contribution in [0.1, 0.15) is 24.5 Å². The SMILES string of the molecule is CCC(=Nc1nc(NCc2ccccc2Sc2ccccc2CO)nc2ccccc12)NNC=O. The van der Waals surface area contributed by atoms with E-state index in [0.29, 0.717) is 37.0 Å². The Morgan fingerprint density at radius 3 is 2.40 bits per heavy atom. The maximum absolute atomic E-state index is 10.7. The minimum Gasteiger partial charge on any atom is -0.392 e. The van der Waals surface area contributed by atoms with Crippen molar-refractivity contribution < 1.29 is 9.90 Å². The van der Waals surface area contributed by atoms with Crippen LogP contribution in [0.2, 0.25) is 0 Å². The van der Waals surface area contributed by atoms with Crippen LogP contribution >= 0.6 is 11.8 Å². The zero-order valence-electron chi connectivity index (χ0n) is 19.2. The van der Waals surface area contributed by atoms with E-state index in [-0.39, 0.29) is 6.61 Å². The second-order valence-electron chi connectivity index (χ2n) is 7.52. The van der Waals surface area contributed by atoms with Gasteiger partial charge >= 0.3 is 0 Å². The van der Waals surface area contributed by atoms with Gasteiger partial charge in [0.1, 0.15) is 5.84 Å². The molecule has 4 rings (SSSR count). The summed E-state index contributed by atoms with van der Waals surface area (Å²) < 4.78 is 0. The minimum absolute atomic E-state index is 0.00517. The fraction of sp³-hybridized carbons (Fsp3) is 0.154. The van der Waals surface area contributed by atoms with Crippen molar-refractivity contribution in [2.75, 3.05) is 5.32 Å². The van der Waals surface area contributed by atoms with E-state index in [9.17, 15) is 9.90 Å². The third-order valence-electron chi connectivity index (χ3n) is 5.21. The molecular weight excluding hydrogens is 460 g/mol. The number of nitrogens with zero attached hydrogens (tertiary/aromatic N) is 3. The van der Waals surface area contributed by atoms with Crippen LogP contribution in [-0.4, -0.2) is 27.3 Å². The second-order valence-corrected chi connectivity index (χ2v) is 8.60. The third-order valence-corrected chi connectivity index (χ3v) is 6.44. The van der Waals surface area contributed by atoms with Gasteiger partial charge in [0.05, 0.1) is 12.1 Å². The molecule has 0 bridgehead atoms. The molecule has 0 aliphatic carbocycles. The van der Waals surface area contributed by atoms with Crippen molar-refractivity contribution >= 4 is 46.7 Å². The molecule has 178 valence electrons. The molecule has 0 radical (unpaired) electrons. The fourth-order valence-electron chi connectivity index (χ4n) is 3.44. The van der Waals surface area contributed by atoms with Crippen LogP contribution in [0.3, 0.4) is 0 Å². The number of nitrogens with one attached hydrogen (secondary N) is 3. The van der Waals surface area contributed by atoms with Crippen molar-refractivity contribution in [2.45, 2.75) is 36.3 Å². The predicted octanol–water partition coefficient (Wildman–Crippen LogP) is 4.58. The highest BCUT2D eigenvalue weighted by Crippen LogP contribution is 2.33. The Labute approximate surface area is 207 Å². The minimum atomic E-state index is -0.00517. The quantitative estimate of drug-likeness (QED) is 0.112. The number of hydrogen-bond acceptors (Lipinski definition) is 7. The van der Waals surface area contributed by atoms with Gasteiger partial charge in [-0.25, -0.2) is 9.98 Å². The number of amides is 1. The van der Waals surface area contributed by atoms with Crippen LogP contribution < -0.4 is 16.2 Å². The summed E-state index contributed by atoms with van der Waals surface area (Å²) in [6.45, 7) is 2.44. The van der Waals surface area contributed by atoms with Crippen molar-refractivity contribution in [3.05, 3.63) is 83.9 Å². The number of anilines is 1. The molecule has 1 amide bonds. The third kappa shape index (κ3) is 6.14. The number of carbonyl (C=O) groups is 1. The van der Waals surface area contributed by atoms with Crippen molar-refractivity contribution in [1.82, 2.24) is 20.8 Å². The summed E-state index contributed by atoms with van der Waals surface area (Å²) >= 11 is 1.62. The summed E-state index contributed by atoms with van der Waals surface area (Å²) in [5.74, 6) is 1.54. The Morgan fingerprint density at radius 2 is 1.66 bits per heavy atom. The molecule has 1 aromatic heterocycles. The molecule has 0 saturated carbocycles. The molecule has 9 heteroatoms. The molecule has 8 nitrogen and oxygen atoms in total. The summed E-state index contributed by atoms with van der Waals surface area (Å²) in [5, 5.41) is 13.8. The van der Waals surface area contributed by atoms with Crippen molar-refractivity contribution in [3.8, 4) is 0 Å². The zero-order valence-corrected chi connectivity index (χ0v) is 20.0. The predicted molar refractivity (Wildman–Crippen MR) is 140 cm³/mol. The molecule has 0 saturated heterocycles. The van der Waals surface area contributed by atoms with Crippen LogP contribution in [-0.2, 0) is 17.9 Å². The molecule has 0 unspecified atom stereocenters. The molecule has 0 spiro atoms. The van der Waals surface area contributed by atoms with E-state index in [0.717, 1.165) is 31.8 Å². The van der Waals surface area contributed by atoms with Crippen LogP contribution in [0.15, 0.2) is 87.6 Å². The Bertz CT molecular complexity index is 1340. The van der Waals surface area contributed by atoms with E-state index in [1.54, 1.807) is 11.8 Å². The lowest BCUT2D eigenvalue weighted by Gasteiger charge is -2.13. The summed E-state index contributed by atoms with van der Waals surface area (Å²) in [7, 11) is 0. The van der Waals surface area contributed by atoms with Crippen LogP contribution in [0.25, 0.3) is 10.9 Å². The summed E-state index contributed by atoms with van der Waals surface area (Å²) in [5.41, 5.74) is 7.95. The molecule has 4 aromatic rings. The maximum atomic E-state index is 10.7. The highest BCUT2D eigenvalue weighted by molar-refractivity contribution is 7.99. The molecule has 4 N–H and O–H groups in total. The normalized spacial score (nSPS) is 11.3. The number of hydrazine groups is 1. The number of aliphatic imine (C=N–C) groups is 1. The van der Waals surface area contributed by atoms with E-state index < -0.39 is 0 Å². The molecule has 0 aliphatic heterocycles. The Hall–Kier alpha value is -3.95.